The molecule has 0 radical (unpaired) electrons. The standard InChI is InChI=1S/C13H22N4O/c1-10-8-13(16-11(2)15-10)17-6-4-12(9-17)18-7-5-14-3/h8,12,14H,4-7,9H2,1-3H3/t12-/m1/s1. The zero-order chi connectivity index (χ0) is 13.0. The molecule has 1 aromatic rings. The van der Waals surface area contributed by atoms with E-state index in [-0.39, 0.29) is 0 Å². The number of aromatic nitrogens is 2. The van der Waals surface area contributed by atoms with Gasteiger partial charge in [-0.3, -0.25) is 0 Å². The smallest absolute Gasteiger partial charge is 0.132 e. The number of rotatable bonds is 5. The number of anilines is 1. The van der Waals surface area contributed by atoms with Gasteiger partial charge >= 0.3 is 0 Å². The first kappa shape index (κ1) is 13.2. The molecule has 1 atom stereocenters. The average molecular weight is 250 g/mol. The molecule has 2 heterocycles. The van der Waals surface area contributed by atoms with E-state index < -0.39 is 0 Å². The Morgan fingerprint density at radius 2 is 2.28 bits per heavy atom. The van der Waals surface area contributed by atoms with Crippen LogP contribution in [0.3, 0.4) is 0 Å². The van der Waals surface area contributed by atoms with Crippen LogP contribution in [0.15, 0.2) is 6.07 Å². The lowest BCUT2D eigenvalue weighted by Crippen LogP contribution is -2.26. The molecule has 0 spiro atoms. The number of aryl methyl sites for hydroxylation is 2. The second-order valence-corrected chi connectivity index (χ2v) is 4.75. The lowest BCUT2D eigenvalue weighted by molar-refractivity contribution is 0.0711. The van der Waals surface area contributed by atoms with Crippen molar-refractivity contribution >= 4 is 5.82 Å². The highest BCUT2D eigenvalue weighted by atomic mass is 16.5. The van der Waals surface area contributed by atoms with Gasteiger partial charge in [-0.15, -0.1) is 0 Å². The van der Waals surface area contributed by atoms with Crippen LogP contribution in [0.1, 0.15) is 17.9 Å². The van der Waals surface area contributed by atoms with Gasteiger partial charge in [0.15, 0.2) is 0 Å². The molecular weight excluding hydrogens is 228 g/mol. The molecule has 0 saturated carbocycles. The Hall–Kier alpha value is -1.20. The van der Waals surface area contributed by atoms with E-state index >= 15 is 0 Å². The summed E-state index contributed by atoms with van der Waals surface area (Å²) in [6.07, 6.45) is 1.40. The Balaban J connectivity index is 1.91. The second-order valence-electron chi connectivity index (χ2n) is 4.75. The zero-order valence-corrected chi connectivity index (χ0v) is 11.4. The van der Waals surface area contributed by atoms with Crippen LogP contribution in [0.5, 0.6) is 0 Å². The summed E-state index contributed by atoms with van der Waals surface area (Å²) in [6, 6.07) is 2.04. The number of likely N-dealkylation sites (N-methyl/N-ethyl adjacent to an activating group) is 1. The van der Waals surface area contributed by atoms with Gasteiger partial charge in [-0.05, 0) is 27.3 Å². The molecule has 1 aliphatic heterocycles. The molecular formula is C13H22N4O. The van der Waals surface area contributed by atoms with Crippen LogP contribution in [-0.2, 0) is 4.74 Å². The van der Waals surface area contributed by atoms with Gasteiger partial charge in [-0.2, -0.15) is 0 Å². The lowest BCUT2D eigenvalue weighted by Gasteiger charge is -2.18. The van der Waals surface area contributed by atoms with Gasteiger partial charge in [0.05, 0.1) is 12.7 Å². The van der Waals surface area contributed by atoms with Crippen molar-refractivity contribution in [3.63, 3.8) is 0 Å². The number of ether oxygens (including phenoxy) is 1. The van der Waals surface area contributed by atoms with Gasteiger partial charge in [0.2, 0.25) is 0 Å². The van der Waals surface area contributed by atoms with E-state index in [0.717, 1.165) is 50.0 Å². The highest BCUT2D eigenvalue weighted by Crippen LogP contribution is 2.20. The molecule has 0 amide bonds. The van der Waals surface area contributed by atoms with Crippen LogP contribution in [0.4, 0.5) is 5.82 Å². The largest absolute Gasteiger partial charge is 0.375 e. The van der Waals surface area contributed by atoms with Crippen LogP contribution < -0.4 is 10.2 Å². The van der Waals surface area contributed by atoms with Gasteiger partial charge in [0.25, 0.3) is 0 Å². The normalized spacial score (nSPS) is 19.5. The van der Waals surface area contributed by atoms with Crippen molar-refractivity contribution in [2.45, 2.75) is 26.4 Å². The Morgan fingerprint density at radius 3 is 3.00 bits per heavy atom. The van der Waals surface area contributed by atoms with Crippen LogP contribution in [0.25, 0.3) is 0 Å². The van der Waals surface area contributed by atoms with Gasteiger partial charge in [-0.25, -0.2) is 9.97 Å². The van der Waals surface area contributed by atoms with Crippen molar-refractivity contribution < 1.29 is 4.74 Å². The van der Waals surface area contributed by atoms with E-state index in [4.69, 9.17) is 4.74 Å². The molecule has 1 fully saturated rings. The fraction of sp³-hybridized carbons (Fsp3) is 0.692. The van der Waals surface area contributed by atoms with Crippen molar-refractivity contribution in [3.05, 3.63) is 17.6 Å². The molecule has 5 nitrogen and oxygen atoms in total. The molecule has 1 aromatic heterocycles. The highest BCUT2D eigenvalue weighted by Gasteiger charge is 2.24. The van der Waals surface area contributed by atoms with E-state index in [1.807, 2.05) is 27.0 Å². The van der Waals surface area contributed by atoms with Crippen molar-refractivity contribution in [1.82, 2.24) is 15.3 Å². The SMILES string of the molecule is CNCCO[C@@H]1CCN(c2cc(C)nc(C)n2)C1. The van der Waals surface area contributed by atoms with E-state index in [1.54, 1.807) is 0 Å². The molecule has 2 rings (SSSR count). The number of nitrogens with one attached hydrogen (secondary N) is 1. The van der Waals surface area contributed by atoms with E-state index in [2.05, 4.69) is 20.2 Å². The van der Waals surface area contributed by atoms with E-state index in [9.17, 15) is 0 Å². The topological polar surface area (TPSA) is 50.3 Å². The predicted molar refractivity (Wildman–Crippen MR) is 72.0 cm³/mol. The van der Waals surface area contributed by atoms with Crippen molar-refractivity contribution in [3.8, 4) is 0 Å². The summed E-state index contributed by atoms with van der Waals surface area (Å²) in [5.74, 6) is 1.87. The molecule has 1 saturated heterocycles. The fourth-order valence-electron chi connectivity index (χ4n) is 2.26. The van der Waals surface area contributed by atoms with Crippen LogP contribution in [-0.4, -0.2) is 49.4 Å². The fourth-order valence-corrected chi connectivity index (χ4v) is 2.26. The first-order chi connectivity index (χ1) is 8.69. The summed E-state index contributed by atoms with van der Waals surface area (Å²) in [6.45, 7) is 7.57. The first-order valence-electron chi connectivity index (χ1n) is 6.52. The molecule has 0 aromatic carbocycles. The minimum absolute atomic E-state index is 0.328. The molecule has 1 N–H and O–H groups in total. The molecule has 0 unspecified atom stereocenters. The lowest BCUT2D eigenvalue weighted by atomic mass is 10.3. The number of hydrogen-bond acceptors (Lipinski definition) is 5. The summed E-state index contributed by atoms with van der Waals surface area (Å²) >= 11 is 0. The monoisotopic (exact) mass is 250 g/mol. The first-order valence-corrected chi connectivity index (χ1v) is 6.52. The molecule has 1 aliphatic rings. The van der Waals surface area contributed by atoms with Crippen molar-refractivity contribution in [2.75, 3.05) is 38.2 Å². The summed E-state index contributed by atoms with van der Waals surface area (Å²) in [5.41, 5.74) is 1.03. The highest BCUT2D eigenvalue weighted by molar-refractivity contribution is 5.41. The van der Waals surface area contributed by atoms with E-state index in [1.165, 1.54) is 0 Å². The zero-order valence-electron chi connectivity index (χ0n) is 11.4. The van der Waals surface area contributed by atoms with Gasteiger partial charge in [0.1, 0.15) is 11.6 Å². The summed E-state index contributed by atoms with van der Waals surface area (Å²) < 4.78 is 5.81. The molecule has 18 heavy (non-hydrogen) atoms. The molecule has 5 heteroatoms. The van der Waals surface area contributed by atoms with Crippen molar-refractivity contribution in [1.29, 1.82) is 0 Å². The van der Waals surface area contributed by atoms with Crippen molar-refractivity contribution in [2.24, 2.45) is 0 Å². The Morgan fingerprint density at radius 1 is 1.44 bits per heavy atom. The third-order valence-corrected chi connectivity index (χ3v) is 3.13. The maximum absolute atomic E-state index is 5.81. The quantitative estimate of drug-likeness (QED) is 0.787. The minimum Gasteiger partial charge on any atom is -0.375 e. The van der Waals surface area contributed by atoms with Crippen LogP contribution in [0, 0.1) is 13.8 Å². The summed E-state index contributed by atoms with van der Waals surface area (Å²) in [7, 11) is 1.94. The maximum Gasteiger partial charge on any atom is 0.132 e. The minimum atomic E-state index is 0.328. The molecule has 100 valence electrons. The van der Waals surface area contributed by atoms with Gasteiger partial charge in [-0.1, -0.05) is 0 Å². The van der Waals surface area contributed by atoms with E-state index in [0.29, 0.717) is 6.10 Å². The van der Waals surface area contributed by atoms with Gasteiger partial charge in [0, 0.05) is 31.4 Å². The Bertz CT molecular complexity index is 376. The number of hydrogen-bond donors (Lipinski definition) is 1. The number of nitrogens with zero attached hydrogens (tertiary/aromatic N) is 3. The van der Waals surface area contributed by atoms with Crippen LogP contribution in [0.2, 0.25) is 0 Å². The average Bonchev–Trinajstić information content (AvgIpc) is 2.77. The second kappa shape index (κ2) is 6.11. The Labute approximate surface area is 109 Å². The maximum atomic E-state index is 5.81. The van der Waals surface area contributed by atoms with Gasteiger partial charge < -0.3 is 15.0 Å². The summed E-state index contributed by atoms with van der Waals surface area (Å²) in [4.78, 5) is 11.1. The summed E-state index contributed by atoms with van der Waals surface area (Å²) in [5, 5.41) is 3.09. The third kappa shape index (κ3) is 3.40. The predicted octanol–water partition coefficient (Wildman–Crippen LogP) is 0.908. The Kier molecular flexibility index (Phi) is 4.49. The molecule has 0 aliphatic carbocycles. The molecule has 0 bridgehead atoms. The van der Waals surface area contributed by atoms with Crippen LogP contribution >= 0.6 is 0 Å². The third-order valence-electron chi connectivity index (χ3n) is 3.13.